The van der Waals surface area contributed by atoms with Crippen LogP contribution in [0, 0.1) is 6.92 Å². The maximum Gasteiger partial charge on any atom is 0.315 e. The van der Waals surface area contributed by atoms with Gasteiger partial charge < -0.3 is 15.5 Å². The van der Waals surface area contributed by atoms with Crippen molar-refractivity contribution in [2.45, 2.75) is 33.7 Å². The minimum absolute atomic E-state index is 0.0367. The fourth-order valence-electron chi connectivity index (χ4n) is 1.91. The fraction of sp³-hybridized carbons (Fsp3) is 0.467. The molecule has 0 heterocycles. The van der Waals surface area contributed by atoms with E-state index in [0.29, 0.717) is 13.1 Å². The Hall–Kier alpha value is -2.04. The van der Waals surface area contributed by atoms with Crippen LogP contribution in [0.25, 0.3) is 0 Å². The molecule has 0 saturated heterocycles. The summed E-state index contributed by atoms with van der Waals surface area (Å²) in [6, 6.07) is 7.58. The summed E-state index contributed by atoms with van der Waals surface area (Å²) in [6.45, 7) is 8.15. The Morgan fingerprint density at radius 2 is 1.90 bits per heavy atom. The molecule has 1 aromatic rings. The summed E-state index contributed by atoms with van der Waals surface area (Å²) in [5.41, 5.74) is 1.92. The van der Waals surface area contributed by atoms with Crippen LogP contribution in [0.4, 0.5) is 10.5 Å². The molecule has 1 aromatic carbocycles. The predicted octanol–water partition coefficient (Wildman–Crippen LogP) is 2.06. The summed E-state index contributed by atoms with van der Waals surface area (Å²) < 4.78 is 0. The van der Waals surface area contributed by atoms with Crippen LogP contribution in [-0.4, -0.2) is 31.1 Å². The van der Waals surface area contributed by atoms with Crippen LogP contribution >= 0.6 is 0 Å². The van der Waals surface area contributed by atoms with Crippen molar-refractivity contribution in [3.8, 4) is 0 Å². The number of aryl methyl sites for hydroxylation is 1. The smallest absolute Gasteiger partial charge is 0.315 e. The number of para-hydroxylation sites is 1. The fourth-order valence-corrected chi connectivity index (χ4v) is 1.91. The summed E-state index contributed by atoms with van der Waals surface area (Å²) in [5.74, 6) is -0.0367. The number of carbonyl (C=O) groups is 2. The topological polar surface area (TPSA) is 61.4 Å². The minimum atomic E-state index is -0.215. The standard InChI is InChI=1S/C15H23N3O2/c1-11(2)17-15(20)16-9-10-18(13(4)19)14-8-6-5-7-12(14)3/h5-8,11H,9-10H2,1-4H3,(H2,16,17,20). The number of amides is 3. The van der Waals surface area contributed by atoms with Crippen LogP contribution in [0.3, 0.4) is 0 Å². The van der Waals surface area contributed by atoms with Crippen molar-refractivity contribution in [3.63, 3.8) is 0 Å². The Morgan fingerprint density at radius 3 is 2.45 bits per heavy atom. The van der Waals surface area contributed by atoms with Crippen molar-refractivity contribution >= 4 is 17.6 Å². The second kappa shape index (κ2) is 7.53. The van der Waals surface area contributed by atoms with E-state index in [1.807, 2.05) is 45.0 Å². The molecule has 20 heavy (non-hydrogen) atoms. The van der Waals surface area contributed by atoms with Gasteiger partial charge in [-0.25, -0.2) is 4.79 Å². The lowest BCUT2D eigenvalue weighted by Gasteiger charge is -2.23. The van der Waals surface area contributed by atoms with E-state index in [2.05, 4.69) is 10.6 Å². The average Bonchev–Trinajstić information content (AvgIpc) is 2.34. The van der Waals surface area contributed by atoms with Crippen LogP contribution < -0.4 is 15.5 Å². The molecule has 110 valence electrons. The Kier molecular flexibility index (Phi) is 6.03. The first-order valence-electron chi connectivity index (χ1n) is 6.80. The van der Waals surface area contributed by atoms with Gasteiger partial charge in [0, 0.05) is 31.7 Å². The molecule has 0 aliphatic heterocycles. The van der Waals surface area contributed by atoms with Gasteiger partial charge in [0.25, 0.3) is 0 Å². The van der Waals surface area contributed by atoms with Gasteiger partial charge in [-0.2, -0.15) is 0 Å². The van der Waals surface area contributed by atoms with E-state index in [1.165, 1.54) is 6.92 Å². The van der Waals surface area contributed by atoms with Gasteiger partial charge in [-0.15, -0.1) is 0 Å². The summed E-state index contributed by atoms with van der Waals surface area (Å²) in [7, 11) is 0. The van der Waals surface area contributed by atoms with Gasteiger partial charge in [-0.1, -0.05) is 18.2 Å². The first-order chi connectivity index (χ1) is 9.41. The molecule has 0 aromatic heterocycles. The first-order valence-corrected chi connectivity index (χ1v) is 6.80. The number of rotatable bonds is 5. The molecule has 0 atom stereocenters. The van der Waals surface area contributed by atoms with Crippen LogP contribution in [0.15, 0.2) is 24.3 Å². The number of hydrogen-bond acceptors (Lipinski definition) is 2. The molecule has 0 aliphatic rings. The quantitative estimate of drug-likeness (QED) is 0.865. The molecule has 2 N–H and O–H groups in total. The van der Waals surface area contributed by atoms with Crippen molar-refractivity contribution in [1.82, 2.24) is 10.6 Å². The Labute approximate surface area is 120 Å². The summed E-state index contributed by atoms with van der Waals surface area (Å²) in [4.78, 5) is 24.9. The highest BCUT2D eigenvalue weighted by atomic mass is 16.2. The van der Waals surface area contributed by atoms with Crippen molar-refractivity contribution in [2.75, 3.05) is 18.0 Å². The van der Waals surface area contributed by atoms with E-state index < -0.39 is 0 Å². The van der Waals surface area contributed by atoms with Crippen LogP contribution in [0.1, 0.15) is 26.3 Å². The number of benzene rings is 1. The molecule has 0 radical (unpaired) electrons. The van der Waals surface area contributed by atoms with E-state index in [0.717, 1.165) is 11.3 Å². The zero-order valence-corrected chi connectivity index (χ0v) is 12.6. The molecule has 5 heteroatoms. The molecule has 0 unspecified atom stereocenters. The Balaban J connectivity index is 2.60. The highest BCUT2D eigenvalue weighted by Crippen LogP contribution is 2.18. The van der Waals surface area contributed by atoms with E-state index in [9.17, 15) is 9.59 Å². The van der Waals surface area contributed by atoms with Crippen molar-refractivity contribution in [3.05, 3.63) is 29.8 Å². The van der Waals surface area contributed by atoms with Crippen LogP contribution in [0.5, 0.6) is 0 Å². The molecule has 0 saturated carbocycles. The summed E-state index contributed by atoms with van der Waals surface area (Å²) in [6.07, 6.45) is 0. The van der Waals surface area contributed by atoms with Crippen molar-refractivity contribution in [1.29, 1.82) is 0 Å². The van der Waals surface area contributed by atoms with Crippen molar-refractivity contribution < 1.29 is 9.59 Å². The highest BCUT2D eigenvalue weighted by Gasteiger charge is 2.13. The van der Waals surface area contributed by atoms with Crippen molar-refractivity contribution in [2.24, 2.45) is 0 Å². The van der Waals surface area contributed by atoms with Gasteiger partial charge in [-0.05, 0) is 32.4 Å². The monoisotopic (exact) mass is 277 g/mol. The second-order valence-corrected chi connectivity index (χ2v) is 5.01. The molecule has 0 aliphatic carbocycles. The maximum atomic E-state index is 11.7. The summed E-state index contributed by atoms with van der Waals surface area (Å²) in [5, 5.41) is 5.49. The van der Waals surface area contributed by atoms with E-state index >= 15 is 0 Å². The molecule has 5 nitrogen and oxygen atoms in total. The normalized spacial score (nSPS) is 10.2. The van der Waals surface area contributed by atoms with E-state index in [4.69, 9.17) is 0 Å². The number of carbonyl (C=O) groups excluding carboxylic acids is 2. The van der Waals surface area contributed by atoms with Gasteiger partial charge in [0.05, 0.1) is 0 Å². The maximum absolute atomic E-state index is 11.7. The molecular weight excluding hydrogens is 254 g/mol. The third-order valence-corrected chi connectivity index (χ3v) is 2.83. The molecule has 0 bridgehead atoms. The van der Waals surface area contributed by atoms with Gasteiger partial charge in [0.2, 0.25) is 5.91 Å². The SMILES string of the molecule is CC(=O)N(CCNC(=O)NC(C)C)c1ccccc1C. The molecule has 3 amide bonds. The third-order valence-electron chi connectivity index (χ3n) is 2.83. The number of nitrogens with zero attached hydrogens (tertiary/aromatic N) is 1. The zero-order valence-electron chi connectivity index (χ0n) is 12.6. The molecule has 1 rings (SSSR count). The number of hydrogen-bond donors (Lipinski definition) is 2. The highest BCUT2D eigenvalue weighted by molar-refractivity contribution is 5.92. The summed E-state index contributed by atoms with van der Waals surface area (Å²) >= 11 is 0. The predicted molar refractivity (Wildman–Crippen MR) is 80.9 cm³/mol. The van der Waals surface area contributed by atoms with Gasteiger partial charge in [0.15, 0.2) is 0 Å². The van der Waals surface area contributed by atoms with Crippen LogP contribution in [-0.2, 0) is 4.79 Å². The molecule has 0 fully saturated rings. The Morgan fingerprint density at radius 1 is 1.25 bits per heavy atom. The second-order valence-electron chi connectivity index (χ2n) is 5.01. The van der Waals surface area contributed by atoms with E-state index in [1.54, 1.807) is 4.90 Å². The first kappa shape index (κ1) is 16.0. The van der Waals surface area contributed by atoms with Gasteiger partial charge >= 0.3 is 6.03 Å². The molecular formula is C15H23N3O2. The largest absolute Gasteiger partial charge is 0.336 e. The number of nitrogens with one attached hydrogen (secondary N) is 2. The zero-order chi connectivity index (χ0) is 15.1. The third kappa shape index (κ3) is 4.91. The number of urea groups is 1. The number of anilines is 1. The lowest BCUT2D eigenvalue weighted by molar-refractivity contribution is -0.116. The van der Waals surface area contributed by atoms with E-state index in [-0.39, 0.29) is 18.0 Å². The molecule has 0 spiro atoms. The van der Waals surface area contributed by atoms with Gasteiger partial charge in [0.1, 0.15) is 0 Å². The lowest BCUT2D eigenvalue weighted by atomic mass is 10.2. The lowest BCUT2D eigenvalue weighted by Crippen LogP contribution is -2.43. The average molecular weight is 277 g/mol. The Bertz CT molecular complexity index is 472. The van der Waals surface area contributed by atoms with Crippen LogP contribution in [0.2, 0.25) is 0 Å². The van der Waals surface area contributed by atoms with Gasteiger partial charge in [-0.3, -0.25) is 4.79 Å². The minimum Gasteiger partial charge on any atom is -0.336 e.